The zero-order valence-electron chi connectivity index (χ0n) is 18.1. The van der Waals surface area contributed by atoms with Crippen LogP contribution in [0.15, 0.2) is 59.4 Å². The van der Waals surface area contributed by atoms with E-state index in [1.165, 1.54) is 11.6 Å². The lowest BCUT2D eigenvalue weighted by Crippen LogP contribution is -2.49. The first-order valence-corrected chi connectivity index (χ1v) is 10.8. The van der Waals surface area contributed by atoms with Crippen LogP contribution in [0.3, 0.4) is 0 Å². The molecule has 1 aromatic heterocycles. The van der Waals surface area contributed by atoms with E-state index in [1.54, 1.807) is 35.7 Å². The predicted molar refractivity (Wildman–Crippen MR) is 124 cm³/mol. The van der Waals surface area contributed by atoms with E-state index in [4.69, 9.17) is 16.3 Å². The molecule has 0 saturated carbocycles. The Kier molecular flexibility index (Phi) is 6.58. The molecule has 32 heavy (non-hydrogen) atoms. The van der Waals surface area contributed by atoms with E-state index in [1.807, 2.05) is 36.4 Å². The number of para-hydroxylation sites is 1. The molecule has 2 heterocycles. The Hall–Kier alpha value is -3.16. The van der Waals surface area contributed by atoms with Crippen molar-refractivity contribution in [1.29, 1.82) is 0 Å². The minimum Gasteiger partial charge on any atom is -0.497 e. The van der Waals surface area contributed by atoms with Crippen molar-refractivity contribution in [1.82, 2.24) is 19.6 Å². The molecular formula is C24H25ClN4O3. The SMILES string of the molecule is COc1ccc(CN2CCN(C(=O)c3nn(-c4ccccc4Cl)c(C)cc3=O)CC2)cc1. The van der Waals surface area contributed by atoms with Crippen molar-refractivity contribution in [2.24, 2.45) is 0 Å². The van der Waals surface area contributed by atoms with E-state index < -0.39 is 0 Å². The van der Waals surface area contributed by atoms with Crippen LogP contribution in [0.1, 0.15) is 21.7 Å². The van der Waals surface area contributed by atoms with Crippen molar-refractivity contribution < 1.29 is 9.53 Å². The van der Waals surface area contributed by atoms with Gasteiger partial charge in [0.05, 0.1) is 17.8 Å². The van der Waals surface area contributed by atoms with Gasteiger partial charge in [-0.2, -0.15) is 5.10 Å². The topological polar surface area (TPSA) is 67.7 Å². The molecule has 0 bridgehead atoms. The number of nitrogens with zero attached hydrogens (tertiary/aromatic N) is 4. The summed E-state index contributed by atoms with van der Waals surface area (Å²) >= 11 is 6.30. The van der Waals surface area contributed by atoms with E-state index in [-0.39, 0.29) is 17.0 Å². The third kappa shape index (κ3) is 4.69. The summed E-state index contributed by atoms with van der Waals surface area (Å²) in [6.07, 6.45) is 0. The van der Waals surface area contributed by atoms with Crippen molar-refractivity contribution in [2.75, 3.05) is 33.3 Å². The maximum Gasteiger partial charge on any atom is 0.278 e. The highest BCUT2D eigenvalue weighted by atomic mass is 35.5. The van der Waals surface area contributed by atoms with Crippen LogP contribution in [0.25, 0.3) is 5.69 Å². The number of hydrogen-bond acceptors (Lipinski definition) is 5. The van der Waals surface area contributed by atoms with Gasteiger partial charge in [-0.3, -0.25) is 14.5 Å². The minimum absolute atomic E-state index is 0.0841. The number of benzene rings is 2. The summed E-state index contributed by atoms with van der Waals surface area (Å²) in [6, 6.07) is 16.6. The second kappa shape index (κ2) is 9.54. The Bertz CT molecular complexity index is 1170. The molecule has 0 radical (unpaired) electrons. The fourth-order valence-electron chi connectivity index (χ4n) is 3.81. The first-order chi connectivity index (χ1) is 15.5. The van der Waals surface area contributed by atoms with E-state index in [2.05, 4.69) is 10.00 Å². The highest BCUT2D eigenvalue weighted by Gasteiger charge is 2.26. The van der Waals surface area contributed by atoms with Crippen LogP contribution in [0, 0.1) is 6.92 Å². The summed E-state index contributed by atoms with van der Waals surface area (Å²) in [5.41, 5.74) is 1.97. The molecule has 1 aliphatic heterocycles. The number of halogens is 1. The Morgan fingerprint density at radius 2 is 1.75 bits per heavy atom. The maximum absolute atomic E-state index is 13.1. The maximum atomic E-state index is 13.1. The molecule has 1 saturated heterocycles. The number of aromatic nitrogens is 2. The summed E-state index contributed by atoms with van der Waals surface area (Å²) in [4.78, 5) is 29.7. The van der Waals surface area contributed by atoms with E-state index in [0.717, 1.165) is 25.4 Å². The number of methoxy groups -OCH3 is 1. The molecule has 2 aromatic carbocycles. The second-order valence-corrected chi connectivity index (χ2v) is 8.19. The molecular weight excluding hydrogens is 428 g/mol. The molecule has 0 atom stereocenters. The van der Waals surface area contributed by atoms with Crippen LogP contribution in [-0.2, 0) is 6.54 Å². The standard InChI is InChI=1S/C24H25ClN4O3/c1-17-15-22(30)23(26-29(17)21-6-4-3-5-20(21)25)24(31)28-13-11-27(12-14-28)16-18-7-9-19(32-2)10-8-18/h3-10,15H,11-14,16H2,1-2H3. The largest absolute Gasteiger partial charge is 0.497 e. The molecule has 1 aliphatic rings. The summed E-state index contributed by atoms with van der Waals surface area (Å²) in [5.74, 6) is 0.483. The summed E-state index contributed by atoms with van der Waals surface area (Å²) < 4.78 is 6.76. The van der Waals surface area contributed by atoms with Gasteiger partial charge in [-0.1, -0.05) is 35.9 Å². The van der Waals surface area contributed by atoms with Gasteiger partial charge in [0.15, 0.2) is 5.69 Å². The minimum atomic E-state index is -0.378. The smallest absolute Gasteiger partial charge is 0.278 e. The first kappa shape index (κ1) is 22.0. The molecule has 7 nitrogen and oxygen atoms in total. The third-order valence-corrected chi connectivity index (χ3v) is 5.94. The van der Waals surface area contributed by atoms with Gasteiger partial charge in [0.1, 0.15) is 5.75 Å². The predicted octanol–water partition coefficient (Wildman–Crippen LogP) is 3.16. The monoisotopic (exact) mass is 452 g/mol. The van der Waals surface area contributed by atoms with Gasteiger partial charge in [-0.25, -0.2) is 4.68 Å². The van der Waals surface area contributed by atoms with Crippen LogP contribution < -0.4 is 10.2 Å². The van der Waals surface area contributed by atoms with Gasteiger partial charge in [0.25, 0.3) is 5.91 Å². The third-order valence-electron chi connectivity index (χ3n) is 5.62. The van der Waals surface area contributed by atoms with Crippen LogP contribution in [-0.4, -0.2) is 58.8 Å². The van der Waals surface area contributed by atoms with E-state index >= 15 is 0 Å². The zero-order valence-corrected chi connectivity index (χ0v) is 18.9. The Morgan fingerprint density at radius 3 is 2.41 bits per heavy atom. The average Bonchev–Trinajstić information content (AvgIpc) is 2.80. The molecule has 4 rings (SSSR count). The van der Waals surface area contributed by atoms with Crippen molar-refractivity contribution >= 4 is 17.5 Å². The lowest BCUT2D eigenvalue weighted by molar-refractivity contribution is 0.0619. The van der Waals surface area contributed by atoms with Crippen LogP contribution in [0.4, 0.5) is 0 Å². The van der Waals surface area contributed by atoms with E-state index in [9.17, 15) is 9.59 Å². The number of piperazine rings is 1. The molecule has 1 amide bonds. The Morgan fingerprint density at radius 1 is 1.06 bits per heavy atom. The Balaban J connectivity index is 1.46. The molecule has 1 fully saturated rings. The summed E-state index contributed by atoms with van der Waals surface area (Å²) in [5, 5.41) is 4.88. The normalized spacial score (nSPS) is 14.4. The number of carbonyl (C=O) groups excluding carboxylic acids is 1. The Labute approximate surface area is 191 Å². The fraction of sp³-hybridized carbons (Fsp3) is 0.292. The number of rotatable bonds is 5. The molecule has 0 spiro atoms. The first-order valence-electron chi connectivity index (χ1n) is 10.5. The van der Waals surface area contributed by atoms with Crippen molar-refractivity contribution in [3.63, 3.8) is 0 Å². The van der Waals surface area contributed by atoms with Crippen LogP contribution >= 0.6 is 11.6 Å². The fourth-order valence-corrected chi connectivity index (χ4v) is 4.03. The number of amides is 1. The number of hydrogen-bond donors (Lipinski definition) is 0. The highest BCUT2D eigenvalue weighted by Crippen LogP contribution is 2.20. The van der Waals surface area contributed by atoms with Crippen molar-refractivity contribution in [3.8, 4) is 11.4 Å². The number of carbonyl (C=O) groups is 1. The van der Waals surface area contributed by atoms with E-state index in [0.29, 0.717) is 29.5 Å². The lowest BCUT2D eigenvalue weighted by atomic mass is 10.2. The van der Waals surface area contributed by atoms with Crippen LogP contribution in [0.5, 0.6) is 5.75 Å². The molecule has 0 N–H and O–H groups in total. The molecule has 8 heteroatoms. The molecule has 166 valence electrons. The lowest BCUT2D eigenvalue weighted by Gasteiger charge is -2.34. The van der Waals surface area contributed by atoms with Gasteiger partial charge < -0.3 is 9.64 Å². The quantitative estimate of drug-likeness (QED) is 0.595. The van der Waals surface area contributed by atoms with Crippen LogP contribution in [0.2, 0.25) is 5.02 Å². The molecule has 3 aromatic rings. The van der Waals surface area contributed by atoms with Gasteiger partial charge in [-0.15, -0.1) is 0 Å². The van der Waals surface area contributed by atoms with Gasteiger partial charge >= 0.3 is 0 Å². The zero-order chi connectivity index (χ0) is 22.7. The average molecular weight is 453 g/mol. The number of ether oxygens (including phenoxy) is 1. The van der Waals surface area contributed by atoms with Crippen molar-refractivity contribution in [3.05, 3.63) is 86.8 Å². The molecule has 0 aliphatic carbocycles. The highest BCUT2D eigenvalue weighted by molar-refractivity contribution is 6.32. The second-order valence-electron chi connectivity index (χ2n) is 7.78. The summed E-state index contributed by atoms with van der Waals surface area (Å²) in [6.45, 7) is 5.09. The van der Waals surface area contributed by atoms with Gasteiger partial charge in [0.2, 0.25) is 5.43 Å². The van der Waals surface area contributed by atoms with Gasteiger partial charge in [0, 0.05) is 44.5 Å². The molecule has 0 unspecified atom stereocenters. The van der Waals surface area contributed by atoms with Crippen molar-refractivity contribution in [2.45, 2.75) is 13.5 Å². The number of aryl methyl sites for hydroxylation is 1. The van der Waals surface area contributed by atoms with Gasteiger partial charge in [-0.05, 0) is 36.8 Å². The summed E-state index contributed by atoms with van der Waals surface area (Å²) in [7, 11) is 1.65.